The second kappa shape index (κ2) is 8.87. The summed E-state index contributed by atoms with van der Waals surface area (Å²) in [7, 11) is 0. The predicted molar refractivity (Wildman–Crippen MR) is 85.3 cm³/mol. The Bertz CT molecular complexity index is 405. The monoisotopic (exact) mass is 296 g/mol. The number of carbonyl (C=O) groups is 1. The zero-order valence-electron chi connectivity index (χ0n) is 12.3. The third-order valence-electron chi connectivity index (χ3n) is 3.22. The molecule has 1 aromatic rings. The van der Waals surface area contributed by atoms with E-state index in [4.69, 9.17) is 5.11 Å². The largest absolute Gasteiger partial charge is 0.395 e. The van der Waals surface area contributed by atoms with Crippen molar-refractivity contribution in [3.05, 3.63) is 35.4 Å². The molecule has 0 spiro atoms. The number of aryl methyl sites for hydroxylation is 1. The van der Waals surface area contributed by atoms with Crippen LogP contribution in [0.1, 0.15) is 18.1 Å². The van der Waals surface area contributed by atoms with Crippen molar-refractivity contribution in [3.8, 4) is 0 Å². The van der Waals surface area contributed by atoms with Crippen LogP contribution < -0.4 is 10.6 Å². The molecule has 20 heavy (non-hydrogen) atoms. The van der Waals surface area contributed by atoms with Crippen molar-refractivity contribution in [3.63, 3.8) is 0 Å². The van der Waals surface area contributed by atoms with E-state index in [1.807, 2.05) is 13.2 Å². The maximum absolute atomic E-state index is 11.7. The fourth-order valence-electron chi connectivity index (χ4n) is 1.86. The van der Waals surface area contributed by atoms with Gasteiger partial charge in [0.15, 0.2) is 0 Å². The van der Waals surface area contributed by atoms with Gasteiger partial charge in [-0.2, -0.15) is 11.8 Å². The standard InChI is InChI=1S/C15H24N2O2S/c1-11-4-6-13(7-5-11)8-9-16-15(19)17-12(2)14(10-18)20-3/h4-7,12,14,18H,8-10H2,1-3H3,(H2,16,17,19). The number of amides is 2. The Balaban J connectivity index is 2.27. The van der Waals surface area contributed by atoms with Crippen LogP contribution >= 0.6 is 11.8 Å². The van der Waals surface area contributed by atoms with E-state index in [0.29, 0.717) is 6.54 Å². The van der Waals surface area contributed by atoms with Crippen LogP contribution in [0.4, 0.5) is 4.79 Å². The van der Waals surface area contributed by atoms with E-state index in [1.54, 1.807) is 11.8 Å². The molecule has 0 aliphatic carbocycles. The molecule has 5 heteroatoms. The lowest BCUT2D eigenvalue weighted by Crippen LogP contribution is -2.46. The van der Waals surface area contributed by atoms with Crippen molar-refractivity contribution in [2.45, 2.75) is 31.6 Å². The third kappa shape index (κ3) is 5.84. The van der Waals surface area contributed by atoms with Gasteiger partial charge in [0.05, 0.1) is 6.61 Å². The Kier molecular flexibility index (Phi) is 7.47. The molecule has 0 radical (unpaired) electrons. The number of urea groups is 1. The number of carbonyl (C=O) groups excluding carboxylic acids is 1. The highest BCUT2D eigenvalue weighted by atomic mass is 32.2. The summed E-state index contributed by atoms with van der Waals surface area (Å²) in [6, 6.07) is 8.05. The molecule has 0 heterocycles. The minimum atomic E-state index is -0.183. The number of aliphatic hydroxyl groups excluding tert-OH is 1. The molecule has 2 amide bonds. The van der Waals surface area contributed by atoms with Gasteiger partial charge in [-0.15, -0.1) is 0 Å². The highest BCUT2D eigenvalue weighted by molar-refractivity contribution is 7.99. The minimum Gasteiger partial charge on any atom is -0.395 e. The third-order valence-corrected chi connectivity index (χ3v) is 4.38. The first-order chi connectivity index (χ1) is 9.56. The van der Waals surface area contributed by atoms with E-state index >= 15 is 0 Å². The molecule has 0 fully saturated rings. The van der Waals surface area contributed by atoms with Gasteiger partial charge >= 0.3 is 6.03 Å². The average Bonchev–Trinajstić information content (AvgIpc) is 2.42. The minimum absolute atomic E-state index is 0.0258. The molecule has 2 atom stereocenters. The van der Waals surface area contributed by atoms with Crippen LogP contribution in [0.15, 0.2) is 24.3 Å². The molecule has 0 aromatic heterocycles. The Labute approximate surface area is 125 Å². The van der Waals surface area contributed by atoms with Crippen molar-refractivity contribution in [2.24, 2.45) is 0 Å². The first-order valence-electron chi connectivity index (χ1n) is 6.80. The summed E-state index contributed by atoms with van der Waals surface area (Å²) in [6.07, 6.45) is 2.74. The van der Waals surface area contributed by atoms with Crippen LogP contribution in [-0.2, 0) is 6.42 Å². The van der Waals surface area contributed by atoms with Crippen molar-refractivity contribution in [1.29, 1.82) is 0 Å². The number of aliphatic hydroxyl groups is 1. The van der Waals surface area contributed by atoms with E-state index in [9.17, 15) is 4.79 Å². The summed E-state index contributed by atoms with van der Waals surface area (Å²) in [5.41, 5.74) is 2.45. The summed E-state index contributed by atoms with van der Waals surface area (Å²) in [6.45, 7) is 4.62. The lowest BCUT2D eigenvalue weighted by Gasteiger charge is -2.21. The lowest BCUT2D eigenvalue weighted by atomic mass is 10.1. The molecule has 2 unspecified atom stereocenters. The normalized spacial score (nSPS) is 13.6. The molecule has 1 aromatic carbocycles. The van der Waals surface area contributed by atoms with E-state index in [0.717, 1.165) is 6.42 Å². The summed E-state index contributed by atoms with van der Waals surface area (Å²) in [4.78, 5) is 11.7. The average molecular weight is 296 g/mol. The zero-order valence-corrected chi connectivity index (χ0v) is 13.2. The maximum Gasteiger partial charge on any atom is 0.315 e. The van der Waals surface area contributed by atoms with E-state index in [2.05, 4.69) is 41.8 Å². The van der Waals surface area contributed by atoms with Gasteiger partial charge in [0.2, 0.25) is 0 Å². The van der Waals surface area contributed by atoms with Crippen molar-refractivity contribution >= 4 is 17.8 Å². The number of hydrogen-bond donors (Lipinski definition) is 3. The first-order valence-corrected chi connectivity index (χ1v) is 8.09. The fraction of sp³-hybridized carbons (Fsp3) is 0.533. The van der Waals surface area contributed by atoms with E-state index in [1.165, 1.54) is 11.1 Å². The van der Waals surface area contributed by atoms with Crippen LogP contribution in [0.3, 0.4) is 0 Å². The second-order valence-electron chi connectivity index (χ2n) is 4.88. The van der Waals surface area contributed by atoms with Crippen molar-refractivity contribution in [1.82, 2.24) is 10.6 Å². The molecule has 4 nitrogen and oxygen atoms in total. The SMILES string of the molecule is CSC(CO)C(C)NC(=O)NCCc1ccc(C)cc1. The number of nitrogens with one attached hydrogen (secondary N) is 2. The quantitative estimate of drug-likeness (QED) is 0.721. The lowest BCUT2D eigenvalue weighted by molar-refractivity contribution is 0.232. The number of thioether (sulfide) groups is 1. The Morgan fingerprint density at radius 1 is 1.35 bits per heavy atom. The maximum atomic E-state index is 11.7. The van der Waals surface area contributed by atoms with Gasteiger partial charge in [-0.3, -0.25) is 0 Å². The van der Waals surface area contributed by atoms with Gasteiger partial charge in [0.25, 0.3) is 0 Å². The predicted octanol–water partition coefficient (Wildman–Crippen LogP) is 1.95. The highest BCUT2D eigenvalue weighted by Crippen LogP contribution is 2.09. The van der Waals surface area contributed by atoms with Crippen LogP contribution in [0.2, 0.25) is 0 Å². The second-order valence-corrected chi connectivity index (χ2v) is 5.96. The number of hydrogen-bond acceptors (Lipinski definition) is 3. The zero-order chi connectivity index (χ0) is 15.0. The summed E-state index contributed by atoms with van der Waals surface area (Å²) in [5.74, 6) is 0. The summed E-state index contributed by atoms with van der Waals surface area (Å²) in [5, 5.41) is 14.9. The molecule has 0 saturated heterocycles. The smallest absolute Gasteiger partial charge is 0.315 e. The molecular weight excluding hydrogens is 272 g/mol. The van der Waals surface area contributed by atoms with Crippen molar-refractivity contribution in [2.75, 3.05) is 19.4 Å². The number of rotatable bonds is 7. The topological polar surface area (TPSA) is 61.4 Å². The molecule has 1 rings (SSSR count). The van der Waals surface area contributed by atoms with E-state index < -0.39 is 0 Å². The Hall–Kier alpha value is -1.20. The molecule has 0 aliphatic heterocycles. The van der Waals surface area contributed by atoms with Gasteiger partial charge in [0.1, 0.15) is 0 Å². The van der Waals surface area contributed by atoms with Gasteiger partial charge < -0.3 is 15.7 Å². The molecule has 0 saturated carbocycles. The highest BCUT2D eigenvalue weighted by Gasteiger charge is 2.16. The molecular formula is C15H24N2O2S. The first kappa shape index (κ1) is 16.9. The van der Waals surface area contributed by atoms with Gasteiger partial charge in [0, 0.05) is 17.8 Å². The van der Waals surface area contributed by atoms with Crippen LogP contribution in [0.25, 0.3) is 0 Å². The van der Waals surface area contributed by atoms with Crippen molar-refractivity contribution < 1.29 is 9.90 Å². The Morgan fingerprint density at radius 3 is 2.55 bits per heavy atom. The van der Waals surface area contributed by atoms with E-state index in [-0.39, 0.29) is 23.9 Å². The summed E-state index contributed by atoms with van der Waals surface area (Å²) >= 11 is 1.55. The molecule has 3 N–H and O–H groups in total. The van der Waals surface area contributed by atoms with Crippen LogP contribution in [0.5, 0.6) is 0 Å². The fourth-order valence-corrected chi connectivity index (χ4v) is 2.49. The molecule has 0 bridgehead atoms. The van der Waals surface area contributed by atoms with Gasteiger partial charge in [-0.1, -0.05) is 29.8 Å². The molecule has 112 valence electrons. The number of benzene rings is 1. The molecule has 0 aliphatic rings. The van der Waals surface area contributed by atoms with Gasteiger partial charge in [-0.25, -0.2) is 4.79 Å². The Morgan fingerprint density at radius 2 is 2.00 bits per heavy atom. The summed E-state index contributed by atoms with van der Waals surface area (Å²) < 4.78 is 0. The van der Waals surface area contributed by atoms with Gasteiger partial charge in [-0.05, 0) is 32.1 Å². The van der Waals surface area contributed by atoms with Crippen LogP contribution in [0, 0.1) is 6.92 Å². The van der Waals surface area contributed by atoms with Crippen LogP contribution in [-0.4, -0.2) is 41.8 Å².